The normalized spacial score (nSPS) is 23.4. The molecule has 8 heteroatoms. The number of nitro groups is 1. The Balaban J connectivity index is 2.26. The summed E-state index contributed by atoms with van der Waals surface area (Å²) in [7, 11) is 1.55. The molecule has 2 heterocycles. The number of carbonyl (C=O) groups is 1. The number of ether oxygens (including phenoxy) is 1. The predicted molar refractivity (Wildman–Crippen MR) is 65.8 cm³/mol. The molecule has 0 aromatic carbocycles. The van der Waals surface area contributed by atoms with Gasteiger partial charge in [-0.2, -0.15) is 5.10 Å². The monoisotopic (exact) mass is 268 g/mol. The number of rotatable bonds is 2. The van der Waals surface area contributed by atoms with E-state index >= 15 is 0 Å². The highest BCUT2D eigenvalue weighted by Crippen LogP contribution is 2.20. The van der Waals surface area contributed by atoms with Crippen LogP contribution in [0.15, 0.2) is 6.20 Å². The summed E-state index contributed by atoms with van der Waals surface area (Å²) in [5, 5.41) is 14.8. The van der Waals surface area contributed by atoms with Crippen molar-refractivity contribution >= 4 is 11.6 Å². The first-order chi connectivity index (χ1) is 8.88. The van der Waals surface area contributed by atoms with Crippen LogP contribution >= 0.6 is 0 Å². The second-order valence-electron chi connectivity index (χ2n) is 4.76. The molecule has 0 bridgehead atoms. The molecule has 104 valence electrons. The highest BCUT2D eigenvalue weighted by Gasteiger charge is 2.32. The zero-order valence-corrected chi connectivity index (χ0v) is 11.1. The first-order valence-corrected chi connectivity index (χ1v) is 6.01. The molecule has 2 atom stereocenters. The van der Waals surface area contributed by atoms with Gasteiger partial charge in [0.25, 0.3) is 5.91 Å². The summed E-state index contributed by atoms with van der Waals surface area (Å²) in [6.45, 7) is 4.55. The van der Waals surface area contributed by atoms with Crippen molar-refractivity contribution in [2.24, 2.45) is 7.05 Å². The largest absolute Gasteiger partial charge is 0.372 e. The third-order valence-corrected chi connectivity index (χ3v) is 2.92. The zero-order chi connectivity index (χ0) is 14.2. The van der Waals surface area contributed by atoms with Crippen molar-refractivity contribution in [1.82, 2.24) is 14.7 Å². The third-order valence-electron chi connectivity index (χ3n) is 2.92. The Kier molecular flexibility index (Phi) is 3.52. The van der Waals surface area contributed by atoms with Crippen molar-refractivity contribution in [2.45, 2.75) is 26.1 Å². The van der Waals surface area contributed by atoms with Gasteiger partial charge in [-0.3, -0.25) is 19.6 Å². The van der Waals surface area contributed by atoms with Gasteiger partial charge in [0.15, 0.2) is 0 Å². The van der Waals surface area contributed by atoms with E-state index in [1.54, 1.807) is 11.9 Å². The minimum absolute atomic E-state index is 0.0875. The average Bonchev–Trinajstić information content (AvgIpc) is 2.69. The summed E-state index contributed by atoms with van der Waals surface area (Å²) >= 11 is 0. The first kappa shape index (κ1) is 13.5. The molecular weight excluding hydrogens is 252 g/mol. The van der Waals surface area contributed by atoms with Gasteiger partial charge in [-0.25, -0.2) is 0 Å². The lowest BCUT2D eigenvalue weighted by atomic mass is 10.2. The van der Waals surface area contributed by atoms with Gasteiger partial charge >= 0.3 is 5.69 Å². The number of hydrogen-bond donors (Lipinski definition) is 0. The van der Waals surface area contributed by atoms with Crippen molar-refractivity contribution in [3.63, 3.8) is 0 Å². The molecule has 1 saturated heterocycles. The number of hydrogen-bond acceptors (Lipinski definition) is 5. The van der Waals surface area contributed by atoms with E-state index in [1.165, 1.54) is 10.9 Å². The number of aromatic nitrogens is 2. The Morgan fingerprint density at radius 3 is 2.58 bits per heavy atom. The van der Waals surface area contributed by atoms with Gasteiger partial charge in [-0.1, -0.05) is 0 Å². The molecule has 8 nitrogen and oxygen atoms in total. The molecule has 0 radical (unpaired) electrons. The molecule has 1 aromatic heterocycles. The van der Waals surface area contributed by atoms with E-state index in [9.17, 15) is 14.9 Å². The lowest BCUT2D eigenvalue weighted by Gasteiger charge is -2.34. The standard InChI is InChI=1S/C11H16N4O4/c1-7-4-14(5-8(2)19-7)11(16)10-9(15(17)18)6-13(3)12-10/h6-8H,4-5H2,1-3H3/t7-,8+. The molecule has 0 N–H and O–H groups in total. The zero-order valence-electron chi connectivity index (χ0n) is 11.1. The molecule has 19 heavy (non-hydrogen) atoms. The number of nitrogens with zero attached hydrogens (tertiary/aromatic N) is 4. The Morgan fingerprint density at radius 1 is 1.47 bits per heavy atom. The summed E-state index contributed by atoms with van der Waals surface area (Å²) < 4.78 is 6.81. The van der Waals surface area contributed by atoms with Gasteiger partial charge < -0.3 is 9.64 Å². The molecule has 1 aromatic rings. The van der Waals surface area contributed by atoms with Gasteiger partial charge in [0.05, 0.1) is 17.1 Å². The minimum Gasteiger partial charge on any atom is -0.372 e. The molecule has 0 aliphatic carbocycles. The molecule has 0 unspecified atom stereocenters. The van der Waals surface area contributed by atoms with Crippen LogP contribution in [0.25, 0.3) is 0 Å². The molecule has 0 spiro atoms. The Hall–Kier alpha value is -1.96. The highest BCUT2D eigenvalue weighted by atomic mass is 16.6. The second kappa shape index (κ2) is 4.96. The van der Waals surface area contributed by atoms with E-state index in [4.69, 9.17) is 4.74 Å². The Labute approximate surface area is 110 Å². The summed E-state index contributed by atoms with van der Waals surface area (Å²) in [5.41, 5.74) is -0.381. The molecule has 1 aliphatic heterocycles. The summed E-state index contributed by atoms with van der Waals surface area (Å²) in [6, 6.07) is 0. The van der Waals surface area contributed by atoms with E-state index < -0.39 is 10.8 Å². The van der Waals surface area contributed by atoms with E-state index in [-0.39, 0.29) is 23.6 Å². The fraction of sp³-hybridized carbons (Fsp3) is 0.636. The number of amides is 1. The molecule has 1 aliphatic rings. The van der Waals surface area contributed by atoms with E-state index in [0.717, 1.165) is 0 Å². The second-order valence-corrected chi connectivity index (χ2v) is 4.76. The SMILES string of the molecule is C[C@@H]1CN(C(=O)c2nn(C)cc2[N+](=O)[O-])C[C@H](C)O1. The van der Waals surface area contributed by atoms with Crippen molar-refractivity contribution < 1.29 is 14.5 Å². The van der Waals surface area contributed by atoms with Crippen LogP contribution in [-0.4, -0.2) is 50.8 Å². The quantitative estimate of drug-likeness (QED) is 0.578. The van der Waals surface area contributed by atoms with E-state index in [0.29, 0.717) is 13.1 Å². The van der Waals surface area contributed by atoms with E-state index in [1.807, 2.05) is 13.8 Å². The maximum atomic E-state index is 12.3. The summed E-state index contributed by atoms with van der Waals surface area (Å²) in [6.07, 6.45) is 1.06. The van der Waals surface area contributed by atoms with Gasteiger partial charge in [0.1, 0.15) is 6.20 Å². The van der Waals surface area contributed by atoms with Gasteiger partial charge in [0, 0.05) is 20.1 Å². The smallest absolute Gasteiger partial charge is 0.320 e. The van der Waals surface area contributed by atoms with Crippen LogP contribution in [0.5, 0.6) is 0 Å². The van der Waals surface area contributed by atoms with Crippen LogP contribution in [-0.2, 0) is 11.8 Å². The number of aryl methyl sites for hydroxylation is 1. The molecule has 1 amide bonds. The fourth-order valence-electron chi connectivity index (χ4n) is 2.26. The van der Waals surface area contributed by atoms with Gasteiger partial charge in [-0.05, 0) is 13.8 Å². The third kappa shape index (κ3) is 2.73. The summed E-state index contributed by atoms with van der Waals surface area (Å²) in [5.74, 6) is -0.422. The Morgan fingerprint density at radius 2 is 2.05 bits per heavy atom. The van der Waals surface area contributed by atoms with Crippen molar-refractivity contribution in [2.75, 3.05) is 13.1 Å². The van der Waals surface area contributed by atoms with Crippen LogP contribution in [0.3, 0.4) is 0 Å². The van der Waals surface area contributed by atoms with Crippen LogP contribution in [0, 0.1) is 10.1 Å². The molecule has 2 rings (SSSR count). The topological polar surface area (TPSA) is 90.5 Å². The first-order valence-electron chi connectivity index (χ1n) is 6.01. The molecular formula is C11H16N4O4. The van der Waals surface area contributed by atoms with Crippen LogP contribution in [0.1, 0.15) is 24.3 Å². The summed E-state index contributed by atoms with van der Waals surface area (Å²) in [4.78, 5) is 24.2. The van der Waals surface area contributed by atoms with Gasteiger partial charge in [-0.15, -0.1) is 0 Å². The highest BCUT2D eigenvalue weighted by molar-refractivity contribution is 5.96. The Bertz CT molecular complexity index is 503. The fourth-order valence-corrected chi connectivity index (χ4v) is 2.26. The predicted octanol–water partition coefficient (Wildman–Crippen LogP) is 0.578. The van der Waals surface area contributed by atoms with Crippen LogP contribution < -0.4 is 0 Å². The number of carbonyl (C=O) groups excluding carboxylic acids is 1. The minimum atomic E-state index is -0.590. The van der Waals surface area contributed by atoms with Crippen LogP contribution in [0.4, 0.5) is 5.69 Å². The maximum Gasteiger partial charge on any atom is 0.320 e. The van der Waals surface area contributed by atoms with Crippen molar-refractivity contribution in [3.8, 4) is 0 Å². The lowest BCUT2D eigenvalue weighted by Crippen LogP contribution is -2.48. The molecule has 1 fully saturated rings. The lowest BCUT2D eigenvalue weighted by molar-refractivity contribution is -0.385. The number of morpholine rings is 1. The molecule has 0 saturated carbocycles. The van der Waals surface area contributed by atoms with Gasteiger partial charge in [0.2, 0.25) is 5.69 Å². The maximum absolute atomic E-state index is 12.3. The van der Waals surface area contributed by atoms with Crippen molar-refractivity contribution in [1.29, 1.82) is 0 Å². The van der Waals surface area contributed by atoms with E-state index in [2.05, 4.69) is 5.10 Å². The van der Waals surface area contributed by atoms with Crippen LogP contribution in [0.2, 0.25) is 0 Å². The van der Waals surface area contributed by atoms with Crippen molar-refractivity contribution in [3.05, 3.63) is 22.0 Å². The average molecular weight is 268 g/mol.